The quantitative estimate of drug-likeness (QED) is 0.838. The Balaban J connectivity index is 1.98. The van der Waals surface area contributed by atoms with Crippen molar-refractivity contribution in [2.45, 2.75) is 12.8 Å². The number of hydrogen-bond donors (Lipinski definition) is 0. The van der Waals surface area contributed by atoms with E-state index in [0.717, 1.165) is 23.2 Å². The Morgan fingerprint density at radius 1 is 1.29 bits per heavy atom. The lowest BCUT2D eigenvalue weighted by Gasteiger charge is -1.99. The van der Waals surface area contributed by atoms with Crippen LogP contribution in [0.1, 0.15) is 11.5 Å². The van der Waals surface area contributed by atoms with E-state index < -0.39 is 0 Å². The van der Waals surface area contributed by atoms with E-state index in [1.54, 1.807) is 12.5 Å². The van der Waals surface area contributed by atoms with Crippen LogP contribution in [0.15, 0.2) is 45.6 Å². The molecule has 0 radical (unpaired) electrons. The van der Waals surface area contributed by atoms with Gasteiger partial charge in [0.25, 0.3) is 0 Å². The summed E-state index contributed by atoms with van der Waals surface area (Å²) in [5.41, 5.74) is 1.29. The molecule has 0 fully saturated rings. The van der Waals surface area contributed by atoms with Crippen LogP contribution in [0.25, 0.3) is 0 Å². The molecule has 0 atom stereocenters. The molecule has 0 N–H and O–H groups in total. The van der Waals surface area contributed by atoms with Gasteiger partial charge in [-0.05, 0) is 24.1 Å². The molecule has 0 aliphatic carbocycles. The van der Waals surface area contributed by atoms with Crippen molar-refractivity contribution < 1.29 is 4.42 Å². The second-order valence-electron chi connectivity index (χ2n) is 3.06. The fraction of sp³-hybridized carbons (Fsp3) is 0.182. The Bertz CT molecular complexity index is 397. The smallest absolute Gasteiger partial charge is 0.194 e. The van der Waals surface area contributed by atoms with Gasteiger partial charge in [-0.1, -0.05) is 28.1 Å². The Kier molecular flexibility index (Phi) is 2.99. The van der Waals surface area contributed by atoms with Gasteiger partial charge in [-0.2, -0.15) is 0 Å². The molecule has 2 aromatic rings. The summed E-state index contributed by atoms with van der Waals surface area (Å²) < 4.78 is 6.28. The highest BCUT2D eigenvalue weighted by Gasteiger charge is 1.99. The molecular weight excluding hydrogens is 242 g/mol. The van der Waals surface area contributed by atoms with Gasteiger partial charge in [-0.3, -0.25) is 0 Å². The van der Waals surface area contributed by atoms with E-state index in [9.17, 15) is 0 Å². The number of aryl methyl sites for hydroxylation is 2. The van der Waals surface area contributed by atoms with Crippen LogP contribution in [0.2, 0.25) is 0 Å². The number of halogens is 1. The van der Waals surface area contributed by atoms with Crippen LogP contribution < -0.4 is 0 Å². The third kappa shape index (κ3) is 2.45. The maximum Gasteiger partial charge on any atom is 0.194 e. The molecule has 1 aromatic heterocycles. The monoisotopic (exact) mass is 251 g/mol. The molecule has 0 spiro atoms. The van der Waals surface area contributed by atoms with Crippen molar-refractivity contribution in [1.29, 1.82) is 0 Å². The molecule has 0 amide bonds. The second-order valence-corrected chi connectivity index (χ2v) is 3.97. The van der Waals surface area contributed by atoms with E-state index in [-0.39, 0.29) is 0 Å². The normalized spacial score (nSPS) is 10.4. The van der Waals surface area contributed by atoms with E-state index >= 15 is 0 Å². The molecular formula is C11H10BrNO. The van der Waals surface area contributed by atoms with Crippen molar-refractivity contribution in [2.75, 3.05) is 0 Å². The van der Waals surface area contributed by atoms with Gasteiger partial charge in [0.15, 0.2) is 5.89 Å². The number of benzene rings is 1. The van der Waals surface area contributed by atoms with E-state index in [2.05, 4.69) is 33.0 Å². The van der Waals surface area contributed by atoms with Crippen molar-refractivity contribution in [1.82, 2.24) is 4.98 Å². The van der Waals surface area contributed by atoms with Crippen molar-refractivity contribution in [3.8, 4) is 0 Å². The van der Waals surface area contributed by atoms with Crippen molar-refractivity contribution in [3.63, 3.8) is 0 Å². The summed E-state index contributed by atoms with van der Waals surface area (Å²) in [6, 6.07) is 8.28. The van der Waals surface area contributed by atoms with Crippen molar-refractivity contribution in [2.24, 2.45) is 0 Å². The minimum absolute atomic E-state index is 0.796. The number of rotatable bonds is 3. The molecule has 0 unspecified atom stereocenters. The first kappa shape index (κ1) is 9.46. The van der Waals surface area contributed by atoms with Gasteiger partial charge in [0.1, 0.15) is 6.26 Å². The SMILES string of the molecule is Brc1cccc(CCc2ncco2)c1. The van der Waals surface area contributed by atoms with Gasteiger partial charge in [0.05, 0.1) is 6.20 Å². The van der Waals surface area contributed by atoms with Gasteiger partial charge < -0.3 is 4.42 Å². The van der Waals surface area contributed by atoms with Gasteiger partial charge in [-0.15, -0.1) is 0 Å². The van der Waals surface area contributed by atoms with Gasteiger partial charge in [-0.25, -0.2) is 4.98 Å². The molecule has 2 rings (SSSR count). The highest BCUT2D eigenvalue weighted by molar-refractivity contribution is 9.10. The molecule has 0 bridgehead atoms. The zero-order valence-electron chi connectivity index (χ0n) is 7.61. The third-order valence-electron chi connectivity index (χ3n) is 2.00. The minimum Gasteiger partial charge on any atom is -0.449 e. The van der Waals surface area contributed by atoms with E-state index in [1.807, 2.05) is 12.1 Å². The molecule has 3 heteroatoms. The zero-order chi connectivity index (χ0) is 9.80. The number of nitrogens with zero attached hydrogens (tertiary/aromatic N) is 1. The summed E-state index contributed by atoms with van der Waals surface area (Å²) >= 11 is 3.44. The number of oxazole rings is 1. The van der Waals surface area contributed by atoms with Crippen LogP contribution in [0.3, 0.4) is 0 Å². The fourth-order valence-electron chi connectivity index (χ4n) is 1.32. The van der Waals surface area contributed by atoms with Crippen molar-refractivity contribution in [3.05, 3.63) is 52.7 Å². The van der Waals surface area contributed by atoms with E-state index in [1.165, 1.54) is 5.56 Å². The molecule has 1 aromatic carbocycles. The average Bonchev–Trinajstić information content (AvgIpc) is 2.67. The van der Waals surface area contributed by atoms with Crippen LogP contribution in [0.4, 0.5) is 0 Å². The van der Waals surface area contributed by atoms with E-state index in [0.29, 0.717) is 0 Å². The Morgan fingerprint density at radius 2 is 2.21 bits per heavy atom. The molecule has 0 saturated heterocycles. The summed E-state index contributed by atoms with van der Waals surface area (Å²) in [5, 5.41) is 0. The Hall–Kier alpha value is -1.09. The highest BCUT2D eigenvalue weighted by Crippen LogP contribution is 2.13. The van der Waals surface area contributed by atoms with E-state index in [4.69, 9.17) is 4.42 Å². The lowest BCUT2D eigenvalue weighted by molar-refractivity contribution is 0.494. The largest absolute Gasteiger partial charge is 0.449 e. The van der Waals surface area contributed by atoms with Crippen LogP contribution in [-0.4, -0.2) is 4.98 Å². The van der Waals surface area contributed by atoms with Crippen LogP contribution in [0.5, 0.6) is 0 Å². The molecule has 0 aliphatic heterocycles. The van der Waals surface area contributed by atoms with Gasteiger partial charge in [0, 0.05) is 10.9 Å². The summed E-state index contributed by atoms with van der Waals surface area (Å²) in [5.74, 6) is 0.796. The molecule has 72 valence electrons. The highest BCUT2D eigenvalue weighted by atomic mass is 79.9. The summed E-state index contributed by atoms with van der Waals surface area (Å²) in [6.07, 6.45) is 5.09. The standard InChI is InChI=1S/C11H10BrNO/c12-10-3-1-2-9(8-10)4-5-11-13-6-7-14-11/h1-3,6-8H,4-5H2. The minimum atomic E-state index is 0.796. The first-order valence-electron chi connectivity index (χ1n) is 4.47. The molecule has 2 nitrogen and oxygen atoms in total. The number of hydrogen-bond acceptors (Lipinski definition) is 2. The lowest BCUT2D eigenvalue weighted by atomic mass is 10.1. The maximum absolute atomic E-state index is 5.16. The average molecular weight is 252 g/mol. The molecule has 14 heavy (non-hydrogen) atoms. The number of aromatic nitrogens is 1. The second kappa shape index (κ2) is 4.42. The van der Waals surface area contributed by atoms with Crippen LogP contribution in [0, 0.1) is 0 Å². The Morgan fingerprint density at radius 3 is 2.93 bits per heavy atom. The third-order valence-corrected chi connectivity index (χ3v) is 2.49. The predicted molar refractivity (Wildman–Crippen MR) is 58.1 cm³/mol. The van der Waals surface area contributed by atoms with Gasteiger partial charge in [0.2, 0.25) is 0 Å². The molecule has 0 aliphatic rings. The van der Waals surface area contributed by atoms with Crippen molar-refractivity contribution >= 4 is 15.9 Å². The lowest BCUT2D eigenvalue weighted by Crippen LogP contribution is -1.90. The molecule has 1 heterocycles. The maximum atomic E-state index is 5.16. The first-order valence-corrected chi connectivity index (χ1v) is 5.27. The zero-order valence-corrected chi connectivity index (χ0v) is 9.20. The first-order chi connectivity index (χ1) is 6.84. The summed E-state index contributed by atoms with van der Waals surface area (Å²) in [4.78, 5) is 4.08. The fourth-order valence-corrected chi connectivity index (χ4v) is 1.77. The van der Waals surface area contributed by atoms with Crippen LogP contribution in [-0.2, 0) is 12.8 Å². The summed E-state index contributed by atoms with van der Waals surface area (Å²) in [6.45, 7) is 0. The van der Waals surface area contributed by atoms with Gasteiger partial charge >= 0.3 is 0 Å². The van der Waals surface area contributed by atoms with Crippen LogP contribution >= 0.6 is 15.9 Å². The summed E-state index contributed by atoms with van der Waals surface area (Å²) in [7, 11) is 0. The molecule has 0 saturated carbocycles. The Labute approximate surface area is 91.1 Å². The predicted octanol–water partition coefficient (Wildman–Crippen LogP) is 3.22. The topological polar surface area (TPSA) is 26.0 Å².